The largest absolute Gasteiger partial charge is 0.462 e. The third-order valence-electron chi connectivity index (χ3n) is 11.3. The summed E-state index contributed by atoms with van der Waals surface area (Å²) >= 11 is 0. The van der Waals surface area contributed by atoms with Crippen LogP contribution in [0.15, 0.2) is 109 Å². The number of carbonyl (C=O) groups excluding carboxylic acids is 3. The molecule has 6 heteroatoms. The van der Waals surface area contributed by atoms with Gasteiger partial charge in [0, 0.05) is 19.3 Å². The Morgan fingerprint density at radius 1 is 0.313 bits per heavy atom. The summed E-state index contributed by atoms with van der Waals surface area (Å²) in [5.41, 5.74) is 0. The van der Waals surface area contributed by atoms with Crippen LogP contribution < -0.4 is 0 Å². The van der Waals surface area contributed by atoms with Crippen LogP contribution in [-0.4, -0.2) is 37.2 Å². The molecule has 0 rings (SSSR count). The predicted molar refractivity (Wildman–Crippen MR) is 288 cm³/mol. The number of unbranched alkanes of at least 4 members (excludes halogenated alkanes) is 19. The molecule has 0 aromatic carbocycles. The molecular weight excluding hydrogens is 829 g/mol. The first-order valence-corrected chi connectivity index (χ1v) is 27.4. The Balaban J connectivity index is 4.50. The number of ether oxygens (including phenoxy) is 3. The fraction of sp³-hybridized carbons (Fsp3) is 0.656. The highest BCUT2D eigenvalue weighted by molar-refractivity contribution is 5.71. The van der Waals surface area contributed by atoms with Gasteiger partial charge in [-0.3, -0.25) is 14.4 Å². The van der Waals surface area contributed by atoms with Gasteiger partial charge in [0.15, 0.2) is 6.10 Å². The smallest absolute Gasteiger partial charge is 0.306 e. The van der Waals surface area contributed by atoms with E-state index in [4.69, 9.17) is 14.2 Å². The number of carbonyl (C=O) groups is 3. The zero-order valence-corrected chi connectivity index (χ0v) is 43.4. The van der Waals surface area contributed by atoms with Gasteiger partial charge < -0.3 is 14.2 Å². The van der Waals surface area contributed by atoms with Crippen molar-refractivity contribution >= 4 is 17.9 Å². The molecule has 0 aromatic heterocycles. The van der Waals surface area contributed by atoms with Gasteiger partial charge in [0.2, 0.25) is 0 Å². The molecule has 0 saturated carbocycles. The van der Waals surface area contributed by atoms with Crippen LogP contribution in [0.4, 0.5) is 0 Å². The van der Waals surface area contributed by atoms with Crippen LogP contribution in [-0.2, 0) is 28.6 Å². The van der Waals surface area contributed by atoms with Crippen molar-refractivity contribution in [2.75, 3.05) is 13.2 Å². The van der Waals surface area contributed by atoms with E-state index in [0.717, 1.165) is 135 Å². The Bertz CT molecular complexity index is 1390. The molecule has 0 aromatic rings. The molecule has 0 aliphatic heterocycles. The fourth-order valence-electron chi connectivity index (χ4n) is 7.22. The second-order valence-electron chi connectivity index (χ2n) is 17.7. The first-order valence-electron chi connectivity index (χ1n) is 27.4. The molecule has 0 N–H and O–H groups in total. The fourth-order valence-corrected chi connectivity index (χ4v) is 7.22. The highest BCUT2D eigenvalue weighted by atomic mass is 16.6. The zero-order chi connectivity index (χ0) is 48.6. The lowest BCUT2D eigenvalue weighted by Gasteiger charge is -2.18. The van der Waals surface area contributed by atoms with Crippen molar-refractivity contribution in [1.29, 1.82) is 0 Å². The highest BCUT2D eigenvalue weighted by Gasteiger charge is 2.19. The quantitative estimate of drug-likeness (QED) is 0.0262. The van der Waals surface area contributed by atoms with Gasteiger partial charge in [-0.1, -0.05) is 226 Å². The maximum absolute atomic E-state index is 12.8. The van der Waals surface area contributed by atoms with E-state index >= 15 is 0 Å². The van der Waals surface area contributed by atoms with Gasteiger partial charge in [-0.2, -0.15) is 0 Å². The van der Waals surface area contributed by atoms with Crippen molar-refractivity contribution in [1.82, 2.24) is 0 Å². The van der Waals surface area contributed by atoms with Crippen molar-refractivity contribution in [3.63, 3.8) is 0 Å². The van der Waals surface area contributed by atoms with Crippen molar-refractivity contribution in [3.8, 4) is 0 Å². The second-order valence-corrected chi connectivity index (χ2v) is 17.7. The molecule has 0 spiro atoms. The summed E-state index contributed by atoms with van der Waals surface area (Å²) in [6.45, 7) is 6.36. The summed E-state index contributed by atoms with van der Waals surface area (Å²) in [6.07, 6.45) is 73.6. The van der Waals surface area contributed by atoms with Gasteiger partial charge in [0.1, 0.15) is 13.2 Å². The van der Waals surface area contributed by atoms with E-state index in [1.165, 1.54) is 64.2 Å². The average molecular weight is 929 g/mol. The summed E-state index contributed by atoms with van der Waals surface area (Å²) in [5.74, 6) is -0.957. The predicted octanol–water partition coefficient (Wildman–Crippen LogP) is 18.3. The number of hydrogen-bond donors (Lipinski definition) is 0. The first-order chi connectivity index (χ1) is 33.0. The van der Waals surface area contributed by atoms with E-state index in [2.05, 4.69) is 130 Å². The van der Waals surface area contributed by atoms with E-state index in [1.807, 2.05) is 0 Å². The van der Waals surface area contributed by atoms with Crippen LogP contribution in [0.5, 0.6) is 0 Å². The minimum atomic E-state index is -0.805. The van der Waals surface area contributed by atoms with Crippen LogP contribution >= 0.6 is 0 Å². The normalized spacial score (nSPS) is 12.9. The van der Waals surface area contributed by atoms with Crippen molar-refractivity contribution in [2.24, 2.45) is 0 Å². The van der Waals surface area contributed by atoms with Crippen molar-refractivity contribution < 1.29 is 28.6 Å². The van der Waals surface area contributed by atoms with E-state index in [-0.39, 0.29) is 31.1 Å². The molecule has 6 nitrogen and oxygen atoms in total. The summed E-state index contributed by atoms with van der Waals surface area (Å²) in [6, 6.07) is 0. The molecule has 0 aliphatic carbocycles. The first kappa shape index (κ1) is 63.1. The molecule has 0 radical (unpaired) electrons. The third kappa shape index (κ3) is 52.9. The van der Waals surface area contributed by atoms with E-state index in [0.29, 0.717) is 19.3 Å². The van der Waals surface area contributed by atoms with Gasteiger partial charge in [-0.05, 0) is 103 Å². The number of esters is 3. The molecule has 0 bridgehead atoms. The van der Waals surface area contributed by atoms with Crippen LogP contribution in [0.25, 0.3) is 0 Å². The van der Waals surface area contributed by atoms with Crippen LogP contribution in [0, 0.1) is 0 Å². The van der Waals surface area contributed by atoms with E-state index in [9.17, 15) is 14.4 Å². The Labute approximate surface area is 412 Å². The third-order valence-corrected chi connectivity index (χ3v) is 11.3. The molecule has 0 saturated heterocycles. The standard InChI is InChI=1S/C61H100O6/c1-4-7-10-13-16-19-22-25-27-29-30-32-33-36-39-42-45-48-51-54-60(63)66-57-58(56-65-59(62)53-50-47-44-41-38-35-24-21-18-15-12-9-6-3)67-61(64)55-52-49-46-43-40-37-34-31-28-26-23-20-17-14-11-8-5-2/h7-8,10-11,16-17,19-20,25-28,30,32,34,36-37,39,58H,4-6,9,12-15,18,21-24,29,31,33,35,38,40-57H2,1-3H3/b10-7-,11-8-,19-16-,20-17-,27-25-,28-26-,32-30-,37-34-,39-36-. The maximum Gasteiger partial charge on any atom is 0.306 e. The van der Waals surface area contributed by atoms with Gasteiger partial charge in [-0.25, -0.2) is 0 Å². The van der Waals surface area contributed by atoms with Gasteiger partial charge in [-0.15, -0.1) is 0 Å². The molecule has 380 valence electrons. The average Bonchev–Trinajstić information content (AvgIpc) is 3.33. The minimum Gasteiger partial charge on any atom is -0.462 e. The molecule has 1 unspecified atom stereocenters. The van der Waals surface area contributed by atoms with E-state index in [1.54, 1.807) is 0 Å². The molecule has 0 amide bonds. The lowest BCUT2D eigenvalue weighted by atomic mass is 10.0. The summed E-state index contributed by atoms with van der Waals surface area (Å²) in [7, 11) is 0. The number of rotatable bonds is 48. The SMILES string of the molecule is CC/C=C\C/C=C\C/C=C\C/C=C\C/C=C\CCCCCC(=O)OCC(COC(=O)CCCCCCCCCCCCCCC)OC(=O)CCCCCC/C=C\C/C=C\C/C=C\C/C=C\CC. The molecule has 0 fully saturated rings. The van der Waals surface area contributed by atoms with Gasteiger partial charge in [0.05, 0.1) is 0 Å². The van der Waals surface area contributed by atoms with Crippen LogP contribution in [0.2, 0.25) is 0 Å². The number of allylic oxidation sites excluding steroid dienone is 18. The monoisotopic (exact) mass is 929 g/mol. The Morgan fingerprint density at radius 2 is 0.582 bits per heavy atom. The summed E-state index contributed by atoms with van der Waals surface area (Å²) < 4.78 is 16.8. The van der Waals surface area contributed by atoms with Gasteiger partial charge in [0.25, 0.3) is 0 Å². The summed E-state index contributed by atoms with van der Waals surface area (Å²) in [5, 5.41) is 0. The molecule has 0 aliphatic rings. The second kappa shape index (κ2) is 54.7. The van der Waals surface area contributed by atoms with Crippen molar-refractivity contribution in [2.45, 2.75) is 245 Å². The minimum absolute atomic E-state index is 0.0988. The highest BCUT2D eigenvalue weighted by Crippen LogP contribution is 2.14. The maximum atomic E-state index is 12.8. The van der Waals surface area contributed by atoms with Crippen LogP contribution in [0.3, 0.4) is 0 Å². The van der Waals surface area contributed by atoms with Crippen LogP contribution in [0.1, 0.15) is 239 Å². The molecule has 0 heterocycles. The molecule has 67 heavy (non-hydrogen) atoms. The Hall–Kier alpha value is -3.93. The Kier molecular flexibility index (Phi) is 51.5. The molecular formula is C61H100O6. The lowest BCUT2D eigenvalue weighted by molar-refractivity contribution is -0.167. The van der Waals surface area contributed by atoms with Crippen molar-refractivity contribution in [3.05, 3.63) is 109 Å². The number of hydrogen-bond acceptors (Lipinski definition) is 6. The lowest BCUT2D eigenvalue weighted by Crippen LogP contribution is -2.30. The molecule has 1 atom stereocenters. The summed E-state index contributed by atoms with van der Waals surface area (Å²) in [4.78, 5) is 38.1. The Morgan fingerprint density at radius 3 is 0.925 bits per heavy atom. The van der Waals surface area contributed by atoms with Gasteiger partial charge >= 0.3 is 17.9 Å². The topological polar surface area (TPSA) is 78.9 Å². The van der Waals surface area contributed by atoms with E-state index < -0.39 is 6.10 Å². The zero-order valence-electron chi connectivity index (χ0n) is 43.4.